The third-order valence-electron chi connectivity index (χ3n) is 3.99. The van der Waals surface area contributed by atoms with Gasteiger partial charge in [0, 0.05) is 25.8 Å². The Kier molecular flexibility index (Phi) is 4.83. The number of ether oxygens (including phenoxy) is 1. The molecular formula is C13H25N3O2. The van der Waals surface area contributed by atoms with Gasteiger partial charge in [-0.05, 0) is 32.1 Å². The van der Waals surface area contributed by atoms with Gasteiger partial charge in [-0.2, -0.15) is 0 Å². The average molecular weight is 255 g/mol. The molecule has 4 N–H and O–H groups in total. The molecule has 1 saturated heterocycles. The van der Waals surface area contributed by atoms with Crippen molar-refractivity contribution in [3.05, 3.63) is 0 Å². The van der Waals surface area contributed by atoms with Crippen molar-refractivity contribution < 1.29 is 9.84 Å². The van der Waals surface area contributed by atoms with Crippen molar-refractivity contribution in [2.45, 2.75) is 56.6 Å². The largest absolute Gasteiger partial charge is 0.390 e. The monoisotopic (exact) mass is 255 g/mol. The topological polar surface area (TPSA) is 79.9 Å². The highest BCUT2D eigenvalue weighted by molar-refractivity contribution is 5.78. The summed E-state index contributed by atoms with van der Waals surface area (Å²) in [6.45, 7) is 1.88. The Morgan fingerprint density at radius 2 is 2.00 bits per heavy atom. The summed E-state index contributed by atoms with van der Waals surface area (Å²) in [5.41, 5.74) is 5.24. The first-order valence-corrected chi connectivity index (χ1v) is 7.05. The Hall–Kier alpha value is -0.810. The molecule has 0 spiro atoms. The summed E-state index contributed by atoms with van der Waals surface area (Å²) in [6.07, 6.45) is 7.03. The summed E-state index contributed by atoms with van der Waals surface area (Å²) in [5, 5.41) is 13.5. The van der Waals surface area contributed by atoms with Crippen LogP contribution in [-0.2, 0) is 4.74 Å². The van der Waals surface area contributed by atoms with Crippen LogP contribution in [0.1, 0.15) is 44.9 Å². The molecule has 0 bridgehead atoms. The van der Waals surface area contributed by atoms with Crippen LogP contribution >= 0.6 is 0 Å². The van der Waals surface area contributed by atoms with E-state index in [1.54, 1.807) is 0 Å². The lowest BCUT2D eigenvalue weighted by Crippen LogP contribution is -2.40. The molecule has 1 aliphatic carbocycles. The normalized spacial score (nSPS) is 25.3. The number of guanidine groups is 1. The summed E-state index contributed by atoms with van der Waals surface area (Å²) in [7, 11) is 0. The number of hydrogen-bond acceptors (Lipinski definition) is 3. The molecule has 0 aromatic rings. The molecular weight excluding hydrogens is 230 g/mol. The average Bonchev–Trinajstić information content (AvgIpc) is 2.82. The van der Waals surface area contributed by atoms with Crippen LogP contribution in [0.15, 0.2) is 4.99 Å². The smallest absolute Gasteiger partial charge is 0.188 e. The van der Waals surface area contributed by atoms with Crippen LogP contribution in [0, 0.1) is 0 Å². The van der Waals surface area contributed by atoms with Gasteiger partial charge in [-0.1, -0.05) is 12.8 Å². The van der Waals surface area contributed by atoms with Crippen molar-refractivity contribution in [1.82, 2.24) is 5.32 Å². The molecule has 0 amide bonds. The Bertz CT molecular complexity index is 282. The van der Waals surface area contributed by atoms with Gasteiger partial charge >= 0.3 is 0 Å². The maximum atomic E-state index is 10.3. The van der Waals surface area contributed by atoms with Crippen LogP contribution < -0.4 is 11.1 Å². The quantitative estimate of drug-likeness (QED) is 0.512. The van der Waals surface area contributed by atoms with Crippen molar-refractivity contribution in [2.24, 2.45) is 10.7 Å². The van der Waals surface area contributed by atoms with Crippen molar-refractivity contribution in [2.75, 3.05) is 19.8 Å². The van der Waals surface area contributed by atoms with E-state index in [4.69, 9.17) is 10.5 Å². The number of nitrogens with two attached hydrogens (primary N) is 1. The molecule has 1 aliphatic heterocycles. The molecule has 5 nitrogen and oxygen atoms in total. The van der Waals surface area contributed by atoms with Gasteiger partial charge in [-0.25, -0.2) is 0 Å². The highest BCUT2D eigenvalue weighted by atomic mass is 16.5. The van der Waals surface area contributed by atoms with Crippen molar-refractivity contribution in [3.8, 4) is 0 Å². The Morgan fingerprint density at radius 1 is 1.33 bits per heavy atom. The van der Waals surface area contributed by atoms with E-state index in [1.165, 1.54) is 25.7 Å². The van der Waals surface area contributed by atoms with Crippen molar-refractivity contribution in [3.63, 3.8) is 0 Å². The number of hydrogen-bond donors (Lipinski definition) is 3. The SMILES string of the molecule is NC(=NCCC1(O)CCOCC1)NC1CCCC1. The van der Waals surface area contributed by atoms with Crippen LogP contribution in [-0.4, -0.2) is 42.5 Å². The second kappa shape index (κ2) is 6.38. The number of aliphatic hydroxyl groups is 1. The summed E-state index contributed by atoms with van der Waals surface area (Å²) < 4.78 is 5.25. The Balaban J connectivity index is 1.68. The Labute approximate surface area is 109 Å². The van der Waals surface area contributed by atoms with E-state index >= 15 is 0 Å². The van der Waals surface area contributed by atoms with Crippen LogP contribution in [0.3, 0.4) is 0 Å². The third-order valence-corrected chi connectivity index (χ3v) is 3.99. The molecule has 2 rings (SSSR count). The highest BCUT2D eigenvalue weighted by Gasteiger charge is 2.29. The van der Waals surface area contributed by atoms with Crippen molar-refractivity contribution >= 4 is 5.96 Å². The first-order valence-electron chi connectivity index (χ1n) is 7.05. The van der Waals surface area contributed by atoms with Crippen LogP contribution in [0.25, 0.3) is 0 Å². The van der Waals surface area contributed by atoms with E-state index in [-0.39, 0.29) is 0 Å². The minimum atomic E-state index is -0.602. The summed E-state index contributed by atoms with van der Waals surface area (Å²) in [5.74, 6) is 0.526. The number of rotatable bonds is 4. The molecule has 1 saturated carbocycles. The zero-order chi connectivity index (χ0) is 12.8. The third kappa shape index (κ3) is 4.14. The first-order chi connectivity index (χ1) is 8.68. The van der Waals surface area contributed by atoms with E-state index in [2.05, 4.69) is 10.3 Å². The van der Waals surface area contributed by atoms with Gasteiger partial charge in [0.05, 0.1) is 5.60 Å². The van der Waals surface area contributed by atoms with E-state index in [0.29, 0.717) is 51.0 Å². The molecule has 104 valence electrons. The summed E-state index contributed by atoms with van der Waals surface area (Å²) >= 11 is 0. The van der Waals surface area contributed by atoms with Gasteiger partial charge in [-0.15, -0.1) is 0 Å². The fraction of sp³-hybridized carbons (Fsp3) is 0.923. The lowest BCUT2D eigenvalue weighted by molar-refractivity contribution is -0.0662. The predicted octanol–water partition coefficient (Wildman–Crippen LogP) is 0.765. The molecule has 2 aliphatic rings. The molecule has 5 heteroatoms. The van der Waals surface area contributed by atoms with Crippen LogP contribution in [0.5, 0.6) is 0 Å². The van der Waals surface area contributed by atoms with Crippen LogP contribution in [0.4, 0.5) is 0 Å². The second-order valence-electron chi connectivity index (χ2n) is 5.48. The second-order valence-corrected chi connectivity index (χ2v) is 5.48. The standard InChI is InChI=1S/C13H25N3O2/c14-12(16-11-3-1-2-4-11)15-8-5-13(17)6-9-18-10-7-13/h11,17H,1-10H2,(H3,14,15,16). The number of nitrogens with one attached hydrogen (secondary N) is 1. The minimum absolute atomic E-state index is 0.500. The van der Waals surface area contributed by atoms with Crippen molar-refractivity contribution in [1.29, 1.82) is 0 Å². The molecule has 0 atom stereocenters. The van der Waals surface area contributed by atoms with E-state index in [1.807, 2.05) is 0 Å². The van der Waals surface area contributed by atoms with E-state index in [0.717, 1.165) is 0 Å². The van der Waals surface area contributed by atoms with Gasteiger partial charge < -0.3 is 20.9 Å². The summed E-state index contributed by atoms with van der Waals surface area (Å²) in [4.78, 5) is 4.31. The fourth-order valence-electron chi connectivity index (χ4n) is 2.71. The molecule has 0 radical (unpaired) electrons. The zero-order valence-electron chi connectivity index (χ0n) is 11.0. The van der Waals surface area contributed by atoms with Gasteiger partial charge in [-0.3, -0.25) is 4.99 Å². The predicted molar refractivity (Wildman–Crippen MR) is 71.5 cm³/mol. The van der Waals surface area contributed by atoms with E-state index < -0.39 is 5.60 Å². The molecule has 2 fully saturated rings. The van der Waals surface area contributed by atoms with Gasteiger partial charge in [0.25, 0.3) is 0 Å². The molecule has 0 unspecified atom stereocenters. The maximum Gasteiger partial charge on any atom is 0.188 e. The maximum absolute atomic E-state index is 10.3. The molecule has 18 heavy (non-hydrogen) atoms. The van der Waals surface area contributed by atoms with Crippen LogP contribution in [0.2, 0.25) is 0 Å². The van der Waals surface area contributed by atoms with Gasteiger partial charge in [0.2, 0.25) is 0 Å². The summed E-state index contributed by atoms with van der Waals surface area (Å²) in [6, 6.07) is 0.500. The Morgan fingerprint density at radius 3 is 2.67 bits per heavy atom. The first kappa shape index (κ1) is 13.6. The molecule has 0 aromatic heterocycles. The van der Waals surface area contributed by atoms with E-state index in [9.17, 15) is 5.11 Å². The minimum Gasteiger partial charge on any atom is -0.390 e. The van der Waals surface area contributed by atoms with Gasteiger partial charge in [0.1, 0.15) is 0 Å². The zero-order valence-corrected chi connectivity index (χ0v) is 11.0. The fourth-order valence-corrected chi connectivity index (χ4v) is 2.71. The highest BCUT2D eigenvalue weighted by Crippen LogP contribution is 2.24. The number of nitrogens with zero attached hydrogens (tertiary/aromatic N) is 1. The number of aliphatic imine (C=N–C) groups is 1. The lowest BCUT2D eigenvalue weighted by atomic mass is 9.91. The molecule has 0 aromatic carbocycles. The van der Waals surface area contributed by atoms with Gasteiger partial charge in [0.15, 0.2) is 5.96 Å². The lowest BCUT2D eigenvalue weighted by Gasteiger charge is -2.31. The molecule has 1 heterocycles.